The maximum absolute atomic E-state index is 10.9. The topological polar surface area (TPSA) is 49.4 Å². The molecule has 0 rings (SSSR count). The molecule has 0 saturated heterocycles. The Kier molecular flexibility index (Phi) is 5.66. The first-order valence-electron chi connectivity index (χ1n) is 1.13. The fourth-order valence-corrected chi connectivity index (χ4v) is 0. The average molecular weight is 118 g/mol. The van der Waals surface area contributed by atoms with E-state index in [1.807, 2.05) is 0 Å². The van der Waals surface area contributed by atoms with E-state index in [0.717, 1.165) is 8.05 Å². The van der Waals surface area contributed by atoms with Gasteiger partial charge < -0.3 is 9.33 Å². The molecule has 0 saturated carbocycles. The Morgan fingerprint density at radius 1 is 1.86 bits per heavy atom. The van der Waals surface area contributed by atoms with Gasteiger partial charge in [-0.15, -0.1) is 0 Å². The molecule has 0 N–H and O–H groups in total. The van der Waals surface area contributed by atoms with Crippen LogP contribution in [0.25, 0.3) is 0 Å². The van der Waals surface area contributed by atoms with E-state index in [1.54, 1.807) is 0 Å². The number of hydrogen-bond acceptors (Lipinski definition) is 3. The molecule has 0 aromatic carbocycles. The van der Waals surface area contributed by atoms with Crippen LogP contribution in [-0.2, 0) is 9.01 Å². The molecule has 0 heterocycles. The quantitative estimate of drug-likeness (QED) is 0.260. The summed E-state index contributed by atoms with van der Waals surface area (Å²) in [5.74, 6) is 0. The van der Waals surface area contributed by atoms with E-state index in [9.17, 15) is 4.20 Å². The van der Waals surface area contributed by atoms with Gasteiger partial charge in [-0.1, -0.05) is 0 Å². The van der Waals surface area contributed by atoms with Gasteiger partial charge in [0.15, 0.2) is 0 Å². The van der Waals surface area contributed by atoms with Crippen molar-refractivity contribution in [1.29, 1.82) is 0 Å². The second-order valence-corrected chi connectivity index (χ2v) is 1.84. The van der Waals surface area contributed by atoms with Gasteiger partial charge >= 0.3 is 18.9 Å². The fourth-order valence-electron chi connectivity index (χ4n) is 0. The number of halogens is 1. The molecule has 0 fully saturated rings. The molecular weight excluding hydrogens is 116 g/mol. The van der Waals surface area contributed by atoms with Crippen molar-refractivity contribution in [2.45, 2.75) is 0 Å². The van der Waals surface area contributed by atoms with E-state index < -0.39 is 7.91 Å². The van der Waals surface area contributed by atoms with Crippen molar-refractivity contribution < 1.29 is 37.0 Å². The minimum Gasteiger partial charge on any atom is -0.754 e. The third kappa shape index (κ3) is 10.8. The molecule has 0 aliphatic heterocycles. The Balaban J connectivity index is 0. The first-order valence-corrected chi connectivity index (χ1v) is 2.56. The minimum absolute atomic E-state index is 0. The molecule has 3 nitrogen and oxygen atoms in total. The van der Waals surface area contributed by atoms with Crippen LogP contribution in [0.2, 0.25) is 0 Å². The van der Waals surface area contributed by atoms with Crippen molar-refractivity contribution >= 4 is 16.0 Å². The number of rotatable bonds is 1. The second kappa shape index (κ2) is 3.71. The van der Waals surface area contributed by atoms with E-state index in [4.69, 9.17) is 9.46 Å². The van der Waals surface area contributed by atoms with Gasteiger partial charge in [0.2, 0.25) is 0 Å². The number of hydrogen-bond donors (Lipinski definition) is 0. The first kappa shape index (κ1) is 10.7. The summed E-state index contributed by atoms with van der Waals surface area (Å²) in [6.07, 6.45) is 0. The molecule has 0 radical (unpaired) electrons. The smallest absolute Gasteiger partial charge is 0.754 e. The molecule has 1 unspecified atom stereocenters. The third-order valence-electron chi connectivity index (χ3n) is 0.218. The van der Waals surface area contributed by atoms with Crippen molar-refractivity contribution in [2.24, 2.45) is 0 Å². The van der Waals surface area contributed by atoms with Crippen molar-refractivity contribution in [3.8, 4) is 0 Å². The average Bonchev–Trinajstić information content (AvgIpc) is 1.35. The van der Waals surface area contributed by atoms with Crippen LogP contribution in [0.3, 0.4) is 0 Å². The van der Waals surface area contributed by atoms with Crippen LogP contribution in [0.5, 0.6) is 0 Å². The van der Waals surface area contributed by atoms with Crippen LogP contribution in [0, 0.1) is 0 Å². The predicted octanol–water partition coefficient (Wildman–Crippen LogP) is -4.01. The maximum atomic E-state index is 10.9. The van der Waals surface area contributed by atoms with Gasteiger partial charge in [-0.3, -0.25) is 4.57 Å². The third-order valence-corrected chi connectivity index (χ3v) is 0.654. The largest absolute Gasteiger partial charge is 1.00 e. The minimum atomic E-state index is -4.90. The SMILES string of the molecule is BOP(=O)([O-])F.[Li+]. The van der Waals surface area contributed by atoms with E-state index in [0.29, 0.717) is 0 Å². The predicted molar refractivity (Wildman–Crippen MR) is 18.3 cm³/mol. The summed E-state index contributed by atoms with van der Waals surface area (Å²) in [5.41, 5.74) is 0. The van der Waals surface area contributed by atoms with E-state index in [2.05, 4.69) is 4.44 Å². The van der Waals surface area contributed by atoms with Crippen LogP contribution >= 0.6 is 7.91 Å². The molecule has 0 amide bonds. The molecule has 0 spiro atoms. The molecule has 0 aliphatic rings. The van der Waals surface area contributed by atoms with Gasteiger partial charge in [0.1, 0.15) is 0 Å². The Morgan fingerprint density at radius 2 is 2.00 bits per heavy atom. The molecule has 7 heavy (non-hydrogen) atoms. The molecular formula is H2BFLiO3P. The van der Waals surface area contributed by atoms with E-state index >= 15 is 0 Å². The summed E-state index contributed by atoms with van der Waals surface area (Å²) in [5, 5.41) is 0. The summed E-state index contributed by atoms with van der Waals surface area (Å²) in [6.45, 7) is 0. The molecule has 7 heteroatoms. The van der Waals surface area contributed by atoms with E-state index in [1.165, 1.54) is 0 Å². The molecule has 0 aromatic rings. The normalized spacial score (nSPS) is 16.9. The maximum Gasteiger partial charge on any atom is 1.00 e. The molecule has 0 bridgehead atoms. The molecule has 0 aliphatic carbocycles. The zero-order chi connectivity index (χ0) is 5.21. The Morgan fingerprint density at radius 3 is 2.00 bits per heavy atom. The van der Waals surface area contributed by atoms with Crippen LogP contribution in [0.4, 0.5) is 4.20 Å². The van der Waals surface area contributed by atoms with Crippen LogP contribution in [-0.4, -0.2) is 8.05 Å². The Bertz CT molecular complexity index is 79.0. The van der Waals surface area contributed by atoms with Gasteiger partial charge in [-0.2, -0.15) is 4.20 Å². The second-order valence-electron chi connectivity index (χ2n) is 0.613. The van der Waals surface area contributed by atoms with Gasteiger partial charge in [-0.25, -0.2) is 0 Å². The van der Waals surface area contributed by atoms with Gasteiger partial charge in [0.25, 0.3) is 16.0 Å². The van der Waals surface area contributed by atoms with Crippen LogP contribution < -0.4 is 23.8 Å². The summed E-state index contributed by atoms with van der Waals surface area (Å²) in [7, 11) is -4.14. The van der Waals surface area contributed by atoms with Crippen LogP contribution in [0.15, 0.2) is 0 Å². The summed E-state index contributed by atoms with van der Waals surface area (Å²) < 4.78 is 23.3. The fraction of sp³-hybridized carbons (Fsp3) is 0. The van der Waals surface area contributed by atoms with Crippen molar-refractivity contribution in [3.05, 3.63) is 0 Å². The Labute approximate surface area is 53.5 Å². The van der Waals surface area contributed by atoms with Gasteiger partial charge in [-0.05, 0) is 0 Å². The van der Waals surface area contributed by atoms with Crippen molar-refractivity contribution in [1.82, 2.24) is 0 Å². The first-order chi connectivity index (χ1) is 2.56. The summed E-state index contributed by atoms with van der Waals surface area (Å²) in [4.78, 5) is 9.14. The van der Waals surface area contributed by atoms with E-state index in [-0.39, 0.29) is 18.9 Å². The zero-order valence-corrected chi connectivity index (χ0v) is 4.94. The van der Waals surface area contributed by atoms with Gasteiger partial charge in [0, 0.05) is 0 Å². The molecule has 0 aromatic heterocycles. The standard InChI is InChI=1S/BFH3O3P.Li/c1-5-6(2,3)4;/h1H2,(H,3,4);/q;+1/p-1. The Hall–Kier alpha value is 0.742. The molecule has 36 valence electrons. The van der Waals surface area contributed by atoms with Crippen molar-refractivity contribution in [3.63, 3.8) is 0 Å². The summed E-state index contributed by atoms with van der Waals surface area (Å²) >= 11 is 0. The van der Waals surface area contributed by atoms with Gasteiger partial charge in [0.05, 0.1) is 0 Å². The van der Waals surface area contributed by atoms with Crippen LogP contribution in [0.1, 0.15) is 0 Å². The molecule has 1 atom stereocenters. The summed E-state index contributed by atoms with van der Waals surface area (Å²) in [6, 6.07) is 0. The monoisotopic (exact) mass is 118 g/mol. The zero-order valence-electron chi connectivity index (χ0n) is 4.05. The van der Waals surface area contributed by atoms with Crippen molar-refractivity contribution in [2.75, 3.05) is 0 Å².